The molecule has 29 heavy (non-hydrogen) atoms. The van der Waals surface area contributed by atoms with Crippen LogP contribution in [-0.4, -0.2) is 29.6 Å². The minimum absolute atomic E-state index is 0.00631. The van der Waals surface area contributed by atoms with Gasteiger partial charge in [0.25, 0.3) is 0 Å². The van der Waals surface area contributed by atoms with Gasteiger partial charge in [0.1, 0.15) is 13.7 Å². The van der Waals surface area contributed by atoms with Gasteiger partial charge in [-0.2, -0.15) is 13.2 Å². The Morgan fingerprint density at radius 1 is 1.07 bits per heavy atom. The second-order valence-corrected chi connectivity index (χ2v) is 6.00. The summed E-state index contributed by atoms with van der Waals surface area (Å²) in [7, 11) is 1.25. The lowest BCUT2D eigenvalue weighted by Gasteiger charge is -2.10. The molecular formula is C20H19F3N2O4. The molecule has 0 saturated carbocycles. The van der Waals surface area contributed by atoms with E-state index in [1.807, 2.05) is 0 Å². The van der Waals surface area contributed by atoms with E-state index in [0.29, 0.717) is 11.1 Å². The number of hydrogen-bond donors (Lipinski definition) is 1. The number of benzene rings is 2. The summed E-state index contributed by atoms with van der Waals surface area (Å²) in [5.41, 5.74) is 0.933. The number of oxime groups is 2. The molecule has 0 heterocycles. The van der Waals surface area contributed by atoms with Crippen LogP contribution >= 0.6 is 0 Å². The molecule has 0 atom stereocenters. The van der Waals surface area contributed by atoms with E-state index >= 15 is 0 Å². The molecule has 0 unspecified atom stereocenters. The first kappa shape index (κ1) is 21.9. The molecule has 0 bridgehead atoms. The standard InChI is InChI=1S/C20H19F3N2O4/c1-13(14-8-5-9-17(10-14)20(21,22)23)24-29-12-16-7-4-3-6-15(16)11-18(19(26)27)25-28-2/h3-10H,11-12H2,1-2H3,(H,26,27)/b24-13?,25-18-. The number of hydrogen-bond acceptors (Lipinski definition) is 5. The first-order valence-electron chi connectivity index (χ1n) is 8.46. The SMILES string of the molecule is CO/N=C(/Cc1ccccc1CON=C(C)c1cccc(C(F)(F)F)c1)C(=O)O. The van der Waals surface area contributed by atoms with E-state index in [4.69, 9.17) is 9.94 Å². The zero-order valence-corrected chi connectivity index (χ0v) is 15.7. The first-order valence-corrected chi connectivity index (χ1v) is 8.46. The zero-order chi connectivity index (χ0) is 21.4. The van der Waals surface area contributed by atoms with Crippen molar-refractivity contribution in [3.05, 3.63) is 70.8 Å². The fourth-order valence-corrected chi connectivity index (χ4v) is 2.48. The van der Waals surface area contributed by atoms with Crippen LogP contribution in [0, 0.1) is 0 Å². The van der Waals surface area contributed by atoms with Crippen molar-refractivity contribution in [3.8, 4) is 0 Å². The Kier molecular flexibility index (Phi) is 7.35. The van der Waals surface area contributed by atoms with Gasteiger partial charge in [0, 0.05) is 6.42 Å². The van der Waals surface area contributed by atoms with E-state index in [1.165, 1.54) is 26.2 Å². The number of alkyl halides is 3. The molecular weight excluding hydrogens is 389 g/mol. The predicted octanol–water partition coefficient (Wildman–Crippen LogP) is 4.28. The average Bonchev–Trinajstić information content (AvgIpc) is 2.68. The summed E-state index contributed by atoms with van der Waals surface area (Å²) in [4.78, 5) is 21.1. The number of carboxylic acids is 1. The lowest BCUT2D eigenvalue weighted by molar-refractivity contribution is -0.137. The van der Waals surface area contributed by atoms with Gasteiger partial charge in [0.2, 0.25) is 0 Å². The fraction of sp³-hybridized carbons (Fsp3) is 0.250. The van der Waals surface area contributed by atoms with Gasteiger partial charge in [-0.15, -0.1) is 0 Å². The summed E-state index contributed by atoms with van der Waals surface area (Å²) < 4.78 is 38.5. The largest absolute Gasteiger partial charge is 0.477 e. The number of carboxylic acid groups (broad SMARTS) is 1. The summed E-state index contributed by atoms with van der Waals surface area (Å²) in [6.07, 6.45) is -4.43. The Morgan fingerprint density at radius 2 is 1.76 bits per heavy atom. The fourth-order valence-electron chi connectivity index (χ4n) is 2.48. The highest BCUT2D eigenvalue weighted by atomic mass is 19.4. The molecule has 0 saturated heterocycles. The van der Waals surface area contributed by atoms with Crippen molar-refractivity contribution in [2.75, 3.05) is 7.11 Å². The second kappa shape index (κ2) is 9.72. The molecule has 9 heteroatoms. The minimum atomic E-state index is -4.44. The van der Waals surface area contributed by atoms with E-state index in [0.717, 1.165) is 12.1 Å². The summed E-state index contributed by atoms with van der Waals surface area (Å²) in [6.45, 7) is 1.54. The molecule has 6 nitrogen and oxygen atoms in total. The molecule has 2 aromatic carbocycles. The maximum atomic E-state index is 12.8. The van der Waals surface area contributed by atoms with Gasteiger partial charge in [-0.25, -0.2) is 4.79 Å². The minimum Gasteiger partial charge on any atom is -0.477 e. The Hall–Kier alpha value is -3.36. The second-order valence-electron chi connectivity index (χ2n) is 6.00. The van der Waals surface area contributed by atoms with Crippen LogP contribution < -0.4 is 0 Å². The highest BCUT2D eigenvalue weighted by Gasteiger charge is 2.30. The molecule has 154 valence electrons. The van der Waals surface area contributed by atoms with Gasteiger partial charge in [-0.3, -0.25) is 0 Å². The van der Waals surface area contributed by atoms with Crippen LogP contribution in [0.15, 0.2) is 58.8 Å². The normalized spacial score (nSPS) is 12.6. The van der Waals surface area contributed by atoms with Gasteiger partial charge >= 0.3 is 12.1 Å². The third-order valence-electron chi connectivity index (χ3n) is 3.95. The van der Waals surface area contributed by atoms with Gasteiger partial charge in [0.15, 0.2) is 5.71 Å². The number of halogens is 3. The van der Waals surface area contributed by atoms with Crippen molar-refractivity contribution in [1.29, 1.82) is 0 Å². The van der Waals surface area contributed by atoms with Crippen molar-refractivity contribution in [2.45, 2.75) is 26.1 Å². The topological polar surface area (TPSA) is 80.5 Å². The van der Waals surface area contributed by atoms with Crippen LogP contribution in [0.3, 0.4) is 0 Å². The van der Waals surface area contributed by atoms with E-state index in [2.05, 4.69) is 15.1 Å². The van der Waals surface area contributed by atoms with E-state index in [1.54, 1.807) is 24.3 Å². The first-order chi connectivity index (χ1) is 13.7. The van der Waals surface area contributed by atoms with Crippen LogP contribution in [0.4, 0.5) is 13.2 Å². The average molecular weight is 408 g/mol. The molecule has 0 radical (unpaired) electrons. The van der Waals surface area contributed by atoms with Crippen LogP contribution in [-0.2, 0) is 33.7 Å². The number of aliphatic carboxylic acids is 1. The van der Waals surface area contributed by atoms with E-state index in [-0.39, 0.29) is 30.0 Å². The molecule has 0 aliphatic carbocycles. The van der Waals surface area contributed by atoms with Gasteiger partial charge < -0.3 is 14.8 Å². The maximum Gasteiger partial charge on any atom is 0.416 e. The summed E-state index contributed by atoms with van der Waals surface area (Å²) in [6, 6.07) is 11.7. The van der Waals surface area contributed by atoms with Crippen LogP contribution in [0.2, 0.25) is 0 Å². The van der Waals surface area contributed by atoms with Crippen molar-refractivity contribution in [3.63, 3.8) is 0 Å². The molecule has 0 fully saturated rings. The molecule has 1 N–H and O–H groups in total. The van der Waals surface area contributed by atoms with Gasteiger partial charge in [-0.05, 0) is 35.7 Å². The van der Waals surface area contributed by atoms with Gasteiger partial charge in [-0.1, -0.05) is 46.7 Å². The van der Waals surface area contributed by atoms with Gasteiger partial charge in [0.05, 0.1) is 11.3 Å². The molecule has 0 aromatic heterocycles. The highest BCUT2D eigenvalue weighted by molar-refractivity contribution is 6.35. The maximum absolute atomic E-state index is 12.8. The Balaban J connectivity index is 2.13. The summed E-state index contributed by atoms with van der Waals surface area (Å²) in [5, 5.41) is 16.5. The predicted molar refractivity (Wildman–Crippen MR) is 101 cm³/mol. The monoisotopic (exact) mass is 408 g/mol. The van der Waals surface area contributed by atoms with E-state index in [9.17, 15) is 18.0 Å². The molecule has 2 aromatic rings. The number of rotatable bonds is 8. The third kappa shape index (κ3) is 6.34. The lowest BCUT2D eigenvalue weighted by atomic mass is 10.0. The summed E-state index contributed by atoms with van der Waals surface area (Å²) >= 11 is 0. The Morgan fingerprint density at radius 3 is 2.38 bits per heavy atom. The highest BCUT2D eigenvalue weighted by Crippen LogP contribution is 2.29. The van der Waals surface area contributed by atoms with Crippen molar-refractivity contribution in [2.24, 2.45) is 10.3 Å². The quantitative estimate of drug-likeness (QED) is 0.522. The molecule has 0 aliphatic heterocycles. The number of carbonyl (C=O) groups is 1. The van der Waals surface area contributed by atoms with Crippen LogP contribution in [0.5, 0.6) is 0 Å². The smallest absolute Gasteiger partial charge is 0.416 e. The molecule has 0 aliphatic rings. The Labute approximate surface area is 165 Å². The van der Waals surface area contributed by atoms with Crippen molar-refractivity contribution in [1.82, 2.24) is 0 Å². The van der Waals surface area contributed by atoms with E-state index < -0.39 is 17.7 Å². The summed E-state index contributed by atoms with van der Waals surface area (Å²) in [5.74, 6) is -1.21. The number of nitrogens with zero attached hydrogens (tertiary/aromatic N) is 2. The van der Waals surface area contributed by atoms with Crippen LogP contribution in [0.25, 0.3) is 0 Å². The van der Waals surface area contributed by atoms with Crippen LogP contribution in [0.1, 0.15) is 29.2 Å². The molecule has 0 amide bonds. The third-order valence-corrected chi connectivity index (χ3v) is 3.95. The zero-order valence-electron chi connectivity index (χ0n) is 15.7. The van der Waals surface area contributed by atoms with Crippen molar-refractivity contribution < 1.29 is 32.7 Å². The molecule has 2 rings (SSSR count). The lowest BCUT2D eigenvalue weighted by Crippen LogP contribution is -2.17. The molecule has 0 spiro atoms. The Bertz CT molecular complexity index is 924. The van der Waals surface area contributed by atoms with Crippen molar-refractivity contribution >= 4 is 17.4 Å².